The first-order valence-electron chi connectivity index (χ1n) is 6.22. The molecule has 0 aromatic heterocycles. The van der Waals surface area contributed by atoms with Crippen LogP contribution in [0.2, 0.25) is 0 Å². The lowest BCUT2D eigenvalue weighted by molar-refractivity contribution is -0.134. The van der Waals surface area contributed by atoms with E-state index < -0.39 is 6.04 Å². The number of benzene rings is 2. The summed E-state index contributed by atoms with van der Waals surface area (Å²) >= 11 is 0. The zero-order valence-corrected chi connectivity index (χ0v) is 10.3. The van der Waals surface area contributed by atoms with E-state index in [1.165, 1.54) is 0 Å². The van der Waals surface area contributed by atoms with E-state index in [0.717, 1.165) is 11.1 Å². The molecule has 1 atom stereocenters. The molecule has 1 unspecified atom stereocenters. The molecule has 2 aromatic carbocycles. The van der Waals surface area contributed by atoms with E-state index in [1.807, 2.05) is 60.7 Å². The van der Waals surface area contributed by atoms with Crippen LogP contribution in [0.5, 0.6) is 0 Å². The smallest absolute Gasteiger partial charge is 0.338 e. The molecule has 0 saturated carbocycles. The number of carbonyl (C=O) groups excluding carboxylic acids is 1. The average molecular weight is 251 g/mol. The number of nitrogens with zero attached hydrogens (tertiary/aromatic N) is 1. The van der Waals surface area contributed by atoms with Crippen LogP contribution >= 0.6 is 0 Å². The summed E-state index contributed by atoms with van der Waals surface area (Å²) < 4.78 is 5.24. The molecule has 3 rings (SSSR count). The van der Waals surface area contributed by atoms with Crippen molar-refractivity contribution in [3.8, 4) is 0 Å². The van der Waals surface area contributed by atoms with Crippen molar-refractivity contribution >= 4 is 11.9 Å². The maximum Gasteiger partial charge on any atom is 0.338 e. The highest BCUT2D eigenvalue weighted by atomic mass is 16.6. The van der Waals surface area contributed by atoms with Crippen LogP contribution in [0.1, 0.15) is 11.1 Å². The molecule has 0 fully saturated rings. The highest BCUT2D eigenvalue weighted by Crippen LogP contribution is 2.16. The van der Waals surface area contributed by atoms with Crippen LogP contribution in [0.3, 0.4) is 0 Å². The van der Waals surface area contributed by atoms with Gasteiger partial charge in [0.1, 0.15) is 0 Å². The fourth-order valence-corrected chi connectivity index (χ4v) is 2.06. The van der Waals surface area contributed by atoms with E-state index in [2.05, 4.69) is 4.99 Å². The predicted octanol–water partition coefficient (Wildman–Crippen LogP) is 2.60. The molecule has 0 N–H and O–H groups in total. The topological polar surface area (TPSA) is 38.7 Å². The lowest BCUT2D eigenvalue weighted by Crippen LogP contribution is -2.17. The standard InChI is InChI=1S/C16H13NO2/c18-16-14(11-12-7-3-1-4-8-12)17-15(19-16)13-9-5-2-6-10-13/h1-10,14H,11H2. The summed E-state index contributed by atoms with van der Waals surface area (Å²) in [6.45, 7) is 0. The van der Waals surface area contributed by atoms with Gasteiger partial charge in [0.2, 0.25) is 5.90 Å². The highest BCUT2D eigenvalue weighted by Gasteiger charge is 2.29. The minimum absolute atomic E-state index is 0.275. The number of cyclic esters (lactones) is 1. The molecule has 3 heteroatoms. The van der Waals surface area contributed by atoms with Gasteiger partial charge < -0.3 is 4.74 Å². The van der Waals surface area contributed by atoms with Crippen LogP contribution in [-0.2, 0) is 16.0 Å². The maximum absolute atomic E-state index is 11.8. The molecule has 1 heterocycles. The Labute approximate surface area is 111 Å². The number of ether oxygens (including phenoxy) is 1. The van der Waals surface area contributed by atoms with Crippen molar-refractivity contribution < 1.29 is 9.53 Å². The van der Waals surface area contributed by atoms with Gasteiger partial charge in [-0.15, -0.1) is 0 Å². The van der Waals surface area contributed by atoms with Gasteiger partial charge in [0.25, 0.3) is 0 Å². The van der Waals surface area contributed by atoms with Crippen molar-refractivity contribution in [2.45, 2.75) is 12.5 Å². The minimum Gasteiger partial charge on any atom is -0.406 e. The molecule has 0 amide bonds. The van der Waals surface area contributed by atoms with Gasteiger partial charge in [-0.25, -0.2) is 9.79 Å². The molecule has 94 valence electrons. The summed E-state index contributed by atoms with van der Waals surface area (Å²) in [4.78, 5) is 16.2. The van der Waals surface area contributed by atoms with Crippen LogP contribution in [-0.4, -0.2) is 17.9 Å². The summed E-state index contributed by atoms with van der Waals surface area (Å²) in [6, 6.07) is 18.9. The summed E-state index contributed by atoms with van der Waals surface area (Å²) in [6.07, 6.45) is 0.579. The Morgan fingerprint density at radius 2 is 1.58 bits per heavy atom. The molecule has 3 nitrogen and oxygen atoms in total. The van der Waals surface area contributed by atoms with Crippen molar-refractivity contribution in [1.82, 2.24) is 0 Å². The molecule has 1 aliphatic heterocycles. The molecule has 2 aromatic rings. The molecule has 0 bridgehead atoms. The second kappa shape index (κ2) is 5.06. The van der Waals surface area contributed by atoms with Crippen LogP contribution < -0.4 is 0 Å². The number of aliphatic imine (C=N–C) groups is 1. The first kappa shape index (κ1) is 11.7. The second-order valence-electron chi connectivity index (χ2n) is 4.43. The fourth-order valence-electron chi connectivity index (χ4n) is 2.06. The first-order chi connectivity index (χ1) is 9.33. The van der Waals surface area contributed by atoms with Crippen molar-refractivity contribution in [3.05, 3.63) is 71.8 Å². The summed E-state index contributed by atoms with van der Waals surface area (Å²) in [7, 11) is 0. The average Bonchev–Trinajstić information content (AvgIpc) is 2.82. The van der Waals surface area contributed by atoms with Gasteiger partial charge in [-0.3, -0.25) is 0 Å². The zero-order valence-electron chi connectivity index (χ0n) is 10.3. The van der Waals surface area contributed by atoms with Crippen molar-refractivity contribution in [1.29, 1.82) is 0 Å². The van der Waals surface area contributed by atoms with Crippen molar-refractivity contribution in [2.24, 2.45) is 4.99 Å². The molecular formula is C16H13NO2. The normalized spacial score (nSPS) is 18.0. The summed E-state index contributed by atoms with van der Waals surface area (Å²) in [5.41, 5.74) is 1.92. The molecule has 0 aliphatic carbocycles. The van der Waals surface area contributed by atoms with E-state index in [1.54, 1.807) is 0 Å². The van der Waals surface area contributed by atoms with Gasteiger partial charge in [0.15, 0.2) is 6.04 Å². The highest BCUT2D eigenvalue weighted by molar-refractivity contribution is 6.06. The Morgan fingerprint density at radius 1 is 0.947 bits per heavy atom. The van der Waals surface area contributed by atoms with Crippen molar-refractivity contribution in [3.63, 3.8) is 0 Å². The fraction of sp³-hybridized carbons (Fsp3) is 0.125. The Bertz CT molecular complexity index is 605. The third-order valence-corrected chi connectivity index (χ3v) is 3.04. The molecular weight excluding hydrogens is 238 g/mol. The third kappa shape index (κ3) is 2.55. The number of carbonyl (C=O) groups is 1. The van der Waals surface area contributed by atoms with Crippen LogP contribution in [0.25, 0.3) is 0 Å². The van der Waals surface area contributed by atoms with Gasteiger partial charge in [-0.05, 0) is 17.7 Å². The number of hydrogen-bond donors (Lipinski definition) is 0. The molecule has 0 radical (unpaired) electrons. The van der Waals surface area contributed by atoms with E-state index in [4.69, 9.17) is 4.74 Å². The van der Waals surface area contributed by atoms with Gasteiger partial charge in [-0.2, -0.15) is 0 Å². The van der Waals surface area contributed by atoms with E-state index in [0.29, 0.717) is 12.3 Å². The number of rotatable bonds is 3. The lowest BCUT2D eigenvalue weighted by Gasteiger charge is -2.02. The quantitative estimate of drug-likeness (QED) is 0.786. The second-order valence-corrected chi connectivity index (χ2v) is 4.43. The Kier molecular flexibility index (Phi) is 3.11. The largest absolute Gasteiger partial charge is 0.406 e. The Morgan fingerprint density at radius 3 is 2.26 bits per heavy atom. The maximum atomic E-state index is 11.8. The van der Waals surface area contributed by atoms with E-state index in [-0.39, 0.29) is 5.97 Å². The Balaban J connectivity index is 1.80. The van der Waals surface area contributed by atoms with Crippen LogP contribution in [0.15, 0.2) is 65.7 Å². The van der Waals surface area contributed by atoms with E-state index in [9.17, 15) is 4.79 Å². The molecule has 0 saturated heterocycles. The Hall–Kier alpha value is -2.42. The molecule has 1 aliphatic rings. The minimum atomic E-state index is -0.433. The molecule has 19 heavy (non-hydrogen) atoms. The number of hydrogen-bond acceptors (Lipinski definition) is 3. The SMILES string of the molecule is O=C1OC(c2ccccc2)=NC1Cc1ccccc1. The third-order valence-electron chi connectivity index (χ3n) is 3.04. The van der Waals surface area contributed by atoms with Gasteiger partial charge in [0, 0.05) is 12.0 Å². The van der Waals surface area contributed by atoms with Crippen LogP contribution in [0.4, 0.5) is 0 Å². The first-order valence-corrected chi connectivity index (χ1v) is 6.22. The van der Waals surface area contributed by atoms with Gasteiger partial charge in [-0.1, -0.05) is 48.5 Å². The summed E-state index contributed by atoms with van der Waals surface area (Å²) in [5, 5.41) is 0. The molecule has 0 spiro atoms. The predicted molar refractivity (Wildman–Crippen MR) is 73.0 cm³/mol. The van der Waals surface area contributed by atoms with Gasteiger partial charge in [0.05, 0.1) is 0 Å². The van der Waals surface area contributed by atoms with Gasteiger partial charge >= 0.3 is 5.97 Å². The number of esters is 1. The lowest BCUT2D eigenvalue weighted by atomic mass is 10.1. The summed E-state index contributed by atoms with van der Waals surface area (Å²) in [5.74, 6) is 0.147. The monoisotopic (exact) mass is 251 g/mol. The zero-order chi connectivity index (χ0) is 13.1. The van der Waals surface area contributed by atoms with E-state index >= 15 is 0 Å². The van der Waals surface area contributed by atoms with Crippen molar-refractivity contribution in [2.75, 3.05) is 0 Å². The van der Waals surface area contributed by atoms with Crippen LogP contribution in [0, 0.1) is 0 Å².